The molecular weight excluding hydrogens is 375 g/mol. The molecule has 126 valence electrons. The summed E-state index contributed by atoms with van der Waals surface area (Å²) in [6, 6.07) is 11.6. The van der Waals surface area contributed by atoms with Crippen LogP contribution < -0.4 is 10.6 Å². The third-order valence-electron chi connectivity index (χ3n) is 3.43. The quantitative estimate of drug-likeness (QED) is 0.808. The van der Waals surface area contributed by atoms with Crippen LogP contribution in [0.5, 0.6) is 0 Å². The molecule has 0 aromatic heterocycles. The molecule has 2 aromatic rings. The lowest BCUT2D eigenvalue weighted by Crippen LogP contribution is -2.28. The second-order valence-electron chi connectivity index (χ2n) is 5.52. The normalized spacial score (nSPS) is 11.7. The second-order valence-corrected chi connectivity index (χ2v) is 6.38. The van der Waals surface area contributed by atoms with Crippen molar-refractivity contribution >= 4 is 33.4 Å². The molecule has 0 radical (unpaired) electrons. The molecule has 1 atom stereocenters. The summed E-state index contributed by atoms with van der Waals surface area (Å²) in [5.74, 6) is -0.668. The molecule has 2 amide bonds. The minimum absolute atomic E-state index is 0.147. The third-order valence-corrected chi connectivity index (χ3v) is 4.04. The molecule has 0 fully saturated rings. The van der Waals surface area contributed by atoms with Crippen molar-refractivity contribution in [1.82, 2.24) is 5.32 Å². The molecular formula is C18H18BrFN2O2. The minimum atomic E-state index is -0.359. The van der Waals surface area contributed by atoms with Crippen molar-refractivity contribution in [1.29, 1.82) is 0 Å². The number of benzene rings is 2. The number of hydrogen-bond acceptors (Lipinski definition) is 2. The molecule has 2 rings (SSSR count). The highest BCUT2D eigenvalue weighted by Gasteiger charge is 2.12. The topological polar surface area (TPSA) is 58.2 Å². The van der Waals surface area contributed by atoms with Gasteiger partial charge in [-0.1, -0.05) is 18.2 Å². The first-order chi connectivity index (χ1) is 11.3. The molecule has 24 heavy (non-hydrogen) atoms. The fourth-order valence-corrected chi connectivity index (χ4v) is 2.73. The van der Waals surface area contributed by atoms with E-state index in [0.29, 0.717) is 10.2 Å². The van der Waals surface area contributed by atoms with Gasteiger partial charge in [-0.3, -0.25) is 9.59 Å². The highest BCUT2D eigenvalue weighted by molar-refractivity contribution is 9.10. The molecule has 0 aliphatic heterocycles. The zero-order chi connectivity index (χ0) is 17.7. The Morgan fingerprint density at radius 2 is 1.96 bits per heavy atom. The van der Waals surface area contributed by atoms with E-state index in [1.807, 2.05) is 25.1 Å². The Morgan fingerprint density at radius 1 is 1.21 bits per heavy atom. The second kappa shape index (κ2) is 8.06. The van der Waals surface area contributed by atoms with Crippen LogP contribution in [0.25, 0.3) is 0 Å². The van der Waals surface area contributed by atoms with Gasteiger partial charge >= 0.3 is 0 Å². The van der Waals surface area contributed by atoms with Gasteiger partial charge in [0.05, 0.1) is 16.9 Å². The van der Waals surface area contributed by atoms with Gasteiger partial charge in [0.25, 0.3) is 0 Å². The third kappa shape index (κ3) is 5.16. The zero-order valence-electron chi connectivity index (χ0n) is 13.4. The lowest BCUT2D eigenvalue weighted by atomic mass is 10.1. The average Bonchev–Trinajstić information content (AvgIpc) is 2.50. The Labute approximate surface area is 148 Å². The molecule has 0 aliphatic rings. The van der Waals surface area contributed by atoms with Gasteiger partial charge in [0, 0.05) is 12.6 Å². The fraction of sp³-hybridized carbons (Fsp3) is 0.222. The van der Waals surface area contributed by atoms with Gasteiger partial charge in [-0.05, 0) is 58.2 Å². The van der Waals surface area contributed by atoms with Crippen molar-refractivity contribution in [2.24, 2.45) is 0 Å². The van der Waals surface area contributed by atoms with E-state index in [1.165, 1.54) is 13.0 Å². The fourth-order valence-electron chi connectivity index (χ4n) is 2.30. The van der Waals surface area contributed by atoms with Crippen LogP contribution in [-0.4, -0.2) is 11.8 Å². The van der Waals surface area contributed by atoms with Gasteiger partial charge in [-0.15, -0.1) is 0 Å². The van der Waals surface area contributed by atoms with Crippen LogP contribution >= 0.6 is 15.9 Å². The van der Waals surface area contributed by atoms with Crippen molar-refractivity contribution in [3.05, 3.63) is 63.9 Å². The molecule has 0 saturated heterocycles. The van der Waals surface area contributed by atoms with Crippen molar-refractivity contribution in [2.75, 3.05) is 5.32 Å². The van der Waals surface area contributed by atoms with Crippen LogP contribution in [0.1, 0.15) is 31.0 Å². The van der Waals surface area contributed by atoms with Gasteiger partial charge in [-0.2, -0.15) is 0 Å². The van der Waals surface area contributed by atoms with E-state index in [0.717, 1.165) is 11.1 Å². The number of anilines is 1. The molecule has 0 aliphatic carbocycles. The molecule has 0 heterocycles. The lowest BCUT2D eigenvalue weighted by molar-refractivity contribution is -0.121. The zero-order valence-corrected chi connectivity index (χ0v) is 15.0. The number of carbonyl (C=O) groups excluding carboxylic acids is 2. The van der Waals surface area contributed by atoms with Crippen molar-refractivity contribution in [2.45, 2.75) is 26.3 Å². The smallest absolute Gasteiger partial charge is 0.224 e. The standard InChI is InChI=1S/C18H18BrFN2O2/c1-11(14-4-3-5-15(10-14)22-12(2)23)21-18(24)9-13-6-7-17(20)16(19)8-13/h3-8,10-11H,9H2,1-2H3,(H,21,24)(H,22,23)/t11-/m1/s1. The summed E-state index contributed by atoms with van der Waals surface area (Å²) >= 11 is 3.11. The first-order valence-electron chi connectivity index (χ1n) is 7.46. The minimum Gasteiger partial charge on any atom is -0.349 e. The Kier molecular flexibility index (Phi) is 6.09. The summed E-state index contributed by atoms with van der Waals surface area (Å²) in [5.41, 5.74) is 2.29. The highest BCUT2D eigenvalue weighted by atomic mass is 79.9. The average molecular weight is 393 g/mol. The van der Waals surface area contributed by atoms with Gasteiger partial charge in [0.2, 0.25) is 11.8 Å². The number of halogens is 2. The Hall–Kier alpha value is -2.21. The number of amides is 2. The SMILES string of the molecule is CC(=O)Nc1cccc([C@@H](C)NC(=O)Cc2ccc(F)c(Br)c2)c1. The van der Waals surface area contributed by atoms with Crippen LogP contribution in [0.2, 0.25) is 0 Å². The van der Waals surface area contributed by atoms with Gasteiger partial charge < -0.3 is 10.6 Å². The van der Waals surface area contributed by atoms with Crippen LogP contribution in [0.4, 0.5) is 10.1 Å². The molecule has 6 heteroatoms. The van der Waals surface area contributed by atoms with Gasteiger partial charge in [0.15, 0.2) is 0 Å². The molecule has 0 spiro atoms. The van der Waals surface area contributed by atoms with Crippen molar-refractivity contribution in [3.63, 3.8) is 0 Å². The van der Waals surface area contributed by atoms with E-state index < -0.39 is 0 Å². The number of carbonyl (C=O) groups is 2. The van der Waals surface area contributed by atoms with Crippen LogP contribution in [0.15, 0.2) is 46.9 Å². The summed E-state index contributed by atoms with van der Waals surface area (Å²) in [7, 11) is 0. The number of rotatable bonds is 5. The van der Waals surface area contributed by atoms with E-state index >= 15 is 0 Å². The predicted octanol–water partition coefficient (Wildman–Crippen LogP) is 3.97. The van der Waals surface area contributed by atoms with Crippen molar-refractivity contribution < 1.29 is 14.0 Å². The summed E-state index contributed by atoms with van der Waals surface area (Å²) < 4.78 is 13.6. The Morgan fingerprint density at radius 3 is 2.62 bits per heavy atom. The van der Waals surface area contributed by atoms with Crippen molar-refractivity contribution in [3.8, 4) is 0 Å². The first-order valence-corrected chi connectivity index (χ1v) is 8.25. The van der Waals surface area contributed by atoms with E-state index in [9.17, 15) is 14.0 Å². The maximum absolute atomic E-state index is 13.2. The Bertz CT molecular complexity index is 764. The highest BCUT2D eigenvalue weighted by Crippen LogP contribution is 2.19. The molecule has 2 N–H and O–H groups in total. The molecule has 0 saturated carbocycles. The van der Waals surface area contributed by atoms with Gasteiger partial charge in [-0.25, -0.2) is 4.39 Å². The number of hydrogen-bond donors (Lipinski definition) is 2. The summed E-state index contributed by atoms with van der Waals surface area (Å²) in [4.78, 5) is 23.3. The van der Waals surface area contributed by atoms with E-state index in [1.54, 1.807) is 18.2 Å². The van der Waals surface area contributed by atoms with Crippen LogP contribution in [0, 0.1) is 5.82 Å². The molecule has 2 aromatic carbocycles. The molecule has 0 unspecified atom stereocenters. The van der Waals surface area contributed by atoms with Crippen LogP contribution in [-0.2, 0) is 16.0 Å². The predicted molar refractivity (Wildman–Crippen MR) is 95.1 cm³/mol. The molecule has 0 bridgehead atoms. The van der Waals surface area contributed by atoms with E-state index in [-0.39, 0.29) is 30.1 Å². The maximum atomic E-state index is 13.2. The summed E-state index contributed by atoms with van der Waals surface area (Å²) in [6.07, 6.45) is 0.161. The monoisotopic (exact) mass is 392 g/mol. The van der Waals surface area contributed by atoms with E-state index in [2.05, 4.69) is 26.6 Å². The first kappa shape index (κ1) is 18.1. The van der Waals surface area contributed by atoms with Gasteiger partial charge in [0.1, 0.15) is 5.82 Å². The van der Waals surface area contributed by atoms with Crippen LogP contribution in [0.3, 0.4) is 0 Å². The largest absolute Gasteiger partial charge is 0.349 e. The lowest BCUT2D eigenvalue weighted by Gasteiger charge is -2.15. The van der Waals surface area contributed by atoms with E-state index in [4.69, 9.17) is 0 Å². The summed E-state index contributed by atoms with van der Waals surface area (Å²) in [5, 5.41) is 5.61. The summed E-state index contributed by atoms with van der Waals surface area (Å²) in [6.45, 7) is 3.31. The Balaban J connectivity index is 2.00. The number of nitrogens with one attached hydrogen (secondary N) is 2. The molecule has 4 nitrogen and oxygen atoms in total. The maximum Gasteiger partial charge on any atom is 0.224 e.